The third-order valence-electron chi connectivity index (χ3n) is 4.96. The summed E-state index contributed by atoms with van der Waals surface area (Å²) < 4.78 is 1.18. The summed E-state index contributed by atoms with van der Waals surface area (Å²) in [5.41, 5.74) is 2.00. The molecule has 19 heavy (non-hydrogen) atoms. The number of halogens is 1. The number of rotatable bonds is 1. The normalized spacial score (nSPS) is 32.6. The molecule has 2 atom stereocenters. The Kier molecular flexibility index (Phi) is 3.97. The summed E-state index contributed by atoms with van der Waals surface area (Å²) in [5, 5.41) is 3.60. The summed E-state index contributed by atoms with van der Waals surface area (Å²) in [7, 11) is 2.28. The van der Waals surface area contributed by atoms with Gasteiger partial charge in [0.25, 0.3) is 0 Å². The van der Waals surface area contributed by atoms with E-state index in [-0.39, 0.29) is 0 Å². The van der Waals surface area contributed by atoms with Crippen molar-refractivity contribution in [2.75, 3.05) is 33.2 Å². The highest BCUT2D eigenvalue weighted by atomic mass is 79.9. The summed E-state index contributed by atoms with van der Waals surface area (Å²) >= 11 is 3.54. The monoisotopic (exact) mass is 322 g/mol. The SMILES string of the molecule is CN1CCCC2(CCNCC2c2ccc(Br)cc2)C1. The minimum atomic E-state index is 0.492. The Morgan fingerprint density at radius 2 is 2.05 bits per heavy atom. The zero-order valence-corrected chi connectivity index (χ0v) is 13.2. The second kappa shape index (κ2) is 5.55. The van der Waals surface area contributed by atoms with E-state index < -0.39 is 0 Å². The number of nitrogens with zero attached hydrogens (tertiary/aromatic N) is 1. The van der Waals surface area contributed by atoms with Crippen molar-refractivity contribution in [3.63, 3.8) is 0 Å². The Balaban J connectivity index is 1.90. The lowest BCUT2D eigenvalue weighted by molar-refractivity contribution is 0.0541. The molecular weight excluding hydrogens is 300 g/mol. The van der Waals surface area contributed by atoms with Gasteiger partial charge in [0, 0.05) is 23.5 Å². The van der Waals surface area contributed by atoms with Crippen molar-refractivity contribution in [1.82, 2.24) is 10.2 Å². The molecule has 0 amide bonds. The quantitative estimate of drug-likeness (QED) is 0.853. The number of likely N-dealkylation sites (tertiary alicyclic amines) is 1. The maximum atomic E-state index is 3.60. The second-order valence-corrected chi connectivity index (χ2v) is 7.18. The summed E-state index contributed by atoms with van der Waals surface area (Å²) in [6, 6.07) is 8.98. The molecule has 2 aliphatic heterocycles. The first-order chi connectivity index (χ1) is 9.20. The molecule has 1 spiro atoms. The lowest BCUT2D eigenvalue weighted by atomic mass is 9.64. The predicted molar refractivity (Wildman–Crippen MR) is 83.5 cm³/mol. The van der Waals surface area contributed by atoms with Crippen LogP contribution in [-0.2, 0) is 0 Å². The molecule has 1 aromatic rings. The summed E-state index contributed by atoms with van der Waals surface area (Å²) in [6.45, 7) is 4.84. The summed E-state index contributed by atoms with van der Waals surface area (Å²) in [5.74, 6) is 0.664. The van der Waals surface area contributed by atoms with Crippen molar-refractivity contribution in [2.45, 2.75) is 25.2 Å². The first-order valence-corrected chi connectivity index (χ1v) is 8.14. The van der Waals surface area contributed by atoms with Crippen molar-refractivity contribution >= 4 is 15.9 Å². The molecule has 2 heterocycles. The van der Waals surface area contributed by atoms with Gasteiger partial charge < -0.3 is 10.2 Å². The van der Waals surface area contributed by atoms with Crippen LogP contribution in [0.3, 0.4) is 0 Å². The summed E-state index contributed by atoms with van der Waals surface area (Å²) in [4.78, 5) is 2.53. The molecule has 2 unspecified atom stereocenters. The maximum absolute atomic E-state index is 3.60. The molecule has 0 saturated carbocycles. The largest absolute Gasteiger partial charge is 0.316 e. The summed E-state index contributed by atoms with van der Waals surface area (Å²) in [6.07, 6.45) is 4.06. The Hall–Kier alpha value is -0.380. The first kappa shape index (κ1) is 13.6. The molecular formula is C16H23BrN2. The number of piperidine rings is 2. The fourth-order valence-electron chi connectivity index (χ4n) is 4.03. The van der Waals surface area contributed by atoms with Crippen LogP contribution in [0.4, 0.5) is 0 Å². The van der Waals surface area contributed by atoms with Gasteiger partial charge in [-0.15, -0.1) is 0 Å². The van der Waals surface area contributed by atoms with Gasteiger partial charge in [0.1, 0.15) is 0 Å². The van der Waals surface area contributed by atoms with Gasteiger partial charge >= 0.3 is 0 Å². The number of benzene rings is 1. The standard InChI is InChI=1S/C16H23BrN2/c1-19-10-2-7-16(12-19)8-9-18-11-15(16)13-3-5-14(17)6-4-13/h3-6,15,18H,2,7-12H2,1H3. The number of hydrogen-bond acceptors (Lipinski definition) is 2. The maximum Gasteiger partial charge on any atom is 0.0175 e. The smallest absolute Gasteiger partial charge is 0.0175 e. The van der Waals surface area contributed by atoms with Crippen LogP contribution in [0.2, 0.25) is 0 Å². The van der Waals surface area contributed by atoms with Gasteiger partial charge in [-0.2, -0.15) is 0 Å². The minimum Gasteiger partial charge on any atom is -0.316 e. The van der Waals surface area contributed by atoms with E-state index in [0.29, 0.717) is 11.3 Å². The molecule has 2 aliphatic rings. The third kappa shape index (κ3) is 2.74. The van der Waals surface area contributed by atoms with Crippen LogP contribution in [0.25, 0.3) is 0 Å². The zero-order chi connectivity index (χ0) is 13.3. The van der Waals surface area contributed by atoms with E-state index in [9.17, 15) is 0 Å². The topological polar surface area (TPSA) is 15.3 Å². The molecule has 1 N–H and O–H groups in total. The van der Waals surface area contributed by atoms with E-state index >= 15 is 0 Å². The van der Waals surface area contributed by atoms with Crippen molar-refractivity contribution in [3.8, 4) is 0 Å². The molecule has 3 heteroatoms. The average Bonchev–Trinajstić information content (AvgIpc) is 2.40. The Morgan fingerprint density at radius 1 is 1.26 bits per heavy atom. The van der Waals surface area contributed by atoms with Crippen molar-refractivity contribution in [1.29, 1.82) is 0 Å². The molecule has 1 aromatic carbocycles. The van der Waals surface area contributed by atoms with Crippen LogP contribution >= 0.6 is 15.9 Å². The molecule has 3 rings (SSSR count). The van der Waals surface area contributed by atoms with E-state index in [2.05, 4.69) is 57.5 Å². The van der Waals surface area contributed by atoms with Crippen LogP contribution < -0.4 is 5.32 Å². The van der Waals surface area contributed by atoms with E-state index in [4.69, 9.17) is 0 Å². The van der Waals surface area contributed by atoms with Gasteiger partial charge in [-0.1, -0.05) is 28.1 Å². The van der Waals surface area contributed by atoms with Crippen molar-refractivity contribution < 1.29 is 0 Å². The van der Waals surface area contributed by atoms with Crippen LogP contribution in [0.5, 0.6) is 0 Å². The van der Waals surface area contributed by atoms with Crippen molar-refractivity contribution in [2.24, 2.45) is 5.41 Å². The lowest BCUT2D eigenvalue weighted by Gasteiger charge is -2.50. The fraction of sp³-hybridized carbons (Fsp3) is 0.625. The Morgan fingerprint density at radius 3 is 2.79 bits per heavy atom. The van der Waals surface area contributed by atoms with E-state index in [0.717, 1.165) is 6.54 Å². The minimum absolute atomic E-state index is 0.492. The zero-order valence-electron chi connectivity index (χ0n) is 11.7. The molecule has 0 radical (unpaired) electrons. The fourth-order valence-corrected chi connectivity index (χ4v) is 4.29. The number of nitrogens with one attached hydrogen (secondary N) is 1. The molecule has 0 aliphatic carbocycles. The van der Waals surface area contributed by atoms with E-state index in [1.807, 2.05) is 0 Å². The average molecular weight is 323 g/mol. The molecule has 0 bridgehead atoms. The molecule has 0 aromatic heterocycles. The van der Waals surface area contributed by atoms with Gasteiger partial charge in [-0.25, -0.2) is 0 Å². The lowest BCUT2D eigenvalue weighted by Crippen LogP contribution is -2.51. The van der Waals surface area contributed by atoms with Gasteiger partial charge in [0.05, 0.1) is 0 Å². The second-order valence-electron chi connectivity index (χ2n) is 6.26. The molecule has 2 saturated heterocycles. The third-order valence-corrected chi connectivity index (χ3v) is 5.49. The van der Waals surface area contributed by atoms with E-state index in [1.165, 1.54) is 48.9 Å². The Labute approximate surface area is 124 Å². The molecule has 2 nitrogen and oxygen atoms in total. The number of hydrogen-bond donors (Lipinski definition) is 1. The predicted octanol–water partition coefficient (Wildman–Crippen LogP) is 3.24. The highest BCUT2D eigenvalue weighted by molar-refractivity contribution is 9.10. The van der Waals surface area contributed by atoms with Crippen LogP contribution in [0.1, 0.15) is 30.7 Å². The van der Waals surface area contributed by atoms with Gasteiger partial charge in [0.2, 0.25) is 0 Å². The highest BCUT2D eigenvalue weighted by Crippen LogP contribution is 2.46. The molecule has 2 fully saturated rings. The highest BCUT2D eigenvalue weighted by Gasteiger charge is 2.43. The van der Waals surface area contributed by atoms with Crippen molar-refractivity contribution in [3.05, 3.63) is 34.3 Å². The first-order valence-electron chi connectivity index (χ1n) is 7.34. The molecule has 104 valence electrons. The van der Waals surface area contributed by atoms with Crippen LogP contribution in [-0.4, -0.2) is 38.1 Å². The van der Waals surface area contributed by atoms with Crippen LogP contribution in [0.15, 0.2) is 28.7 Å². The van der Waals surface area contributed by atoms with Gasteiger partial charge in [-0.3, -0.25) is 0 Å². The van der Waals surface area contributed by atoms with Gasteiger partial charge in [0.15, 0.2) is 0 Å². The van der Waals surface area contributed by atoms with Crippen LogP contribution in [0, 0.1) is 5.41 Å². The van der Waals surface area contributed by atoms with Gasteiger partial charge in [-0.05, 0) is 62.5 Å². The Bertz CT molecular complexity index is 427. The van der Waals surface area contributed by atoms with E-state index in [1.54, 1.807) is 0 Å².